The van der Waals surface area contributed by atoms with Crippen LogP contribution in [0, 0.1) is 11.8 Å². The third-order valence-electron chi connectivity index (χ3n) is 4.55. The molecule has 2 rings (SSSR count). The molecule has 0 aromatic rings. The molecule has 0 bridgehead atoms. The van der Waals surface area contributed by atoms with Crippen LogP contribution in [0.25, 0.3) is 0 Å². The summed E-state index contributed by atoms with van der Waals surface area (Å²) in [5.41, 5.74) is 1.39. The highest BCUT2D eigenvalue weighted by molar-refractivity contribution is 5.09. The summed E-state index contributed by atoms with van der Waals surface area (Å²) in [6, 6.07) is 0. The zero-order chi connectivity index (χ0) is 12.6. The van der Waals surface area contributed by atoms with Crippen LogP contribution >= 0.6 is 0 Å². The Morgan fingerprint density at radius 1 is 1.47 bits per heavy atom. The van der Waals surface area contributed by atoms with Gasteiger partial charge < -0.3 is 9.84 Å². The van der Waals surface area contributed by atoms with Gasteiger partial charge in [0.1, 0.15) is 6.10 Å². The second-order valence-corrected chi connectivity index (χ2v) is 6.38. The number of epoxide rings is 1. The van der Waals surface area contributed by atoms with E-state index in [1.165, 1.54) is 5.57 Å². The fraction of sp³-hybridized carbons (Fsp3) is 0.867. The standard InChI is InChI=1S/C15H26O2/c1-10(2)12-8-7-11(3)6-5-9-15(4)14(17-15)13(12)16/h6,10,12-14,16H,5,7-9H2,1-4H3/t12-,13+,14-,15-/m0/s1. The van der Waals surface area contributed by atoms with Crippen LogP contribution in [-0.2, 0) is 4.74 Å². The van der Waals surface area contributed by atoms with Gasteiger partial charge in [-0.05, 0) is 51.4 Å². The second kappa shape index (κ2) is 4.74. The third kappa shape index (κ3) is 2.74. The zero-order valence-corrected chi connectivity index (χ0v) is 11.6. The molecular weight excluding hydrogens is 212 g/mol. The number of ether oxygens (including phenoxy) is 1. The van der Waals surface area contributed by atoms with Crippen molar-refractivity contribution in [3.05, 3.63) is 11.6 Å². The fourth-order valence-corrected chi connectivity index (χ4v) is 3.11. The number of allylic oxidation sites excluding steroid dienone is 2. The zero-order valence-electron chi connectivity index (χ0n) is 11.6. The Kier molecular flexibility index (Phi) is 3.65. The monoisotopic (exact) mass is 238 g/mol. The number of fused-ring (bicyclic) bond motifs is 1. The maximum Gasteiger partial charge on any atom is 0.113 e. The summed E-state index contributed by atoms with van der Waals surface area (Å²) in [6.07, 6.45) is 6.45. The highest BCUT2D eigenvalue weighted by Crippen LogP contribution is 2.46. The molecule has 17 heavy (non-hydrogen) atoms. The first-order valence-electron chi connectivity index (χ1n) is 6.95. The quantitative estimate of drug-likeness (QED) is 0.561. The van der Waals surface area contributed by atoms with Crippen LogP contribution in [0.3, 0.4) is 0 Å². The highest BCUT2D eigenvalue weighted by Gasteiger charge is 2.57. The van der Waals surface area contributed by atoms with E-state index in [2.05, 4.69) is 33.8 Å². The number of hydrogen-bond acceptors (Lipinski definition) is 2. The van der Waals surface area contributed by atoms with E-state index in [9.17, 15) is 5.11 Å². The van der Waals surface area contributed by atoms with Gasteiger partial charge in [-0.3, -0.25) is 0 Å². The van der Waals surface area contributed by atoms with Crippen molar-refractivity contribution in [2.45, 2.75) is 71.2 Å². The molecule has 0 spiro atoms. The molecule has 0 amide bonds. The number of hydrogen-bond donors (Lipinski definition) is 1. The minimum atomic E-state index is -0.286. The molecule has 0 radical (unpaired) electrons. The average Bonchev–Trinajstić information content (AvgIpc) is 2.89. The van der Waals surface area contributed by atoms with E-state index in [4.69, 9.17) is 4.74 Å². The number of rotatable bonds is 1. The summed E-state index contributed by atoms with van der Waals surface area (Å²) in [6.45, 7) is 8.76. The lowest BCUT2D eigenvalue weighted by Crippen LogP contribution is -2.33. The lowest BCUT2D eigenvalue weighted by atomic mass is 9.80. The number of aliphatic hydroxyl groups is 1. The molecule has 2 heteroatoms. The average molecular weight is 238 g/mol. The molecule has 1 aliphatic carbocycles. The maximum atomic E-state index is 10.5. The molecule has 4 atom stereocenters. The highest BCUT2D eigenvalue weighted by atomic mass is 16.6. The predicted molar refractivity (Wildman–Crippen MR) is 69.8 cm³/mol. The van der Waals surface area contributed by atoms with Gasteiger partial charge in [0.05, 0.1) is 11.7 Å². The lowest BCUT2D eigenvalue weighted by molar-refractivity contribution is 0.0505. The Morgan fingerprint density at radius 3 is 2.82 bits per heavy atom. The van der Waals surface area contributed by atoms with Gasteiger partial charge in [-0.2, -0.15) is 0 Å². The Morgan fingerprint density at radius 2 is 2.18 bits per heavy atom. The summed E-state index contributed by atoms with van der Waals surface area (Å²) in [4.78, 5) is 0. The van der Waals surface area contributed by atoms with Crippen LogP contribution in [0.1, 0.15) is 53.4 Å². The SMILES string of the molecule is CC1=CCC[C@]2(C)O[C@H]2[C@H](O)[C@H](C(C)C)CC1. The van der Waals surface area contributed by atoms with Gasteiger partial charge in [-0.15, -0.1) is 0 Å². The third-order valence-corrected chi connectivity index (χ3v) is 4.55. The van der Waals surface area contributed by atoms with Gasteiger partial charge in [-0.25, -0.2) is 0 Å². The molecule has 1 heterocycles. The Balaban J connectivity index is 2.14. The molecule has 0 aromatic heterocycles. The van der Waals surface area contributed by atoms with E-state index < -0.39 is 0 Å². The first kappa shape index (κ1) is 13.1. The summed E-state index contributed by atoms with van der Waals surface area (Å²) < 4.78 is 5.79. The van der Waals surface area contributed by atoms with Crippen LogP contribution in [0.5, 0.6) is 0 Å². The van der Waals surface area contributed by atoms with Crippen molar-refractivity contribution < 1.29 is 9.84 Å². The van der Waals surface area contributed by atoms with Gasteiger partial charge >= 0.3 is 0 Å². The van der Waals surface area contributed by atoms with Crippen molar-refractivity contribution in [1.82, 2.24) is 0 Å². The molecule has 0 saturated carbocycles. The van der Waals surface area contributed by atoms with Crippen LogP contribution < -0.4 is 0 Å². The maximum absolute atomic E-state index is 10.5. The van der Waals surface area contributed by atoms with Crippen LogP contribution in [0.4, 0.5) is 0 Å². The van der Waals surface area contributed by atoms with Gasteiger partial charge in [0, 0.05) is 0 Å². The normalized spacial score (nSPS) is 42.9. The summed E-state index contributed by atoms with van der Waals surface area (Å²) >= 11 is 0. The second-order valence-electron chi connectivity index (χ2n) is 6.38. The van der Waals surface area contributed by atoms with E-state index in [0.717, 1.165) is 25.7 Å². The topological polar surface area (TPSA) is 32.8 Å². The van der Waals surface area contributed by atoms with Crippen molar-refractivity contribution in [3.8, 4) is 0 Å². The smallest absolute Gasteiger partial charge is 0.113 e. The molecule has 2 aliphatic rings. The van der Waals surface area contributed by atoms with Gasteiger partial charge in [0.2, 0.25) is 0 Å². The van der Waals surface area contributed by atoms with Crippen LogP contribution in [-0.4, -0.2) is 22.9 Å². The molecule has 0 aromatic carbocycles. The largest absolute Gasteiger partial charge is 0.390 e. The summed E-state index contributed by atoms with van der Waals surface area (Å²) in [5.74, 6) is 0.883. The van der Waals surface area contributed by atoms with Crippen molar-refractivity contribution in [2.75, 3.05) is 0 Å². The molecule has 98 valence electrons. The first-order chi connectivity index (χ1) is 7.94. The van der Waals surface area contributed by atoms with Crippen molar-refractivity contribution in [2.24, 2.45) is 11.8 Å². The number of aliphatic hydroxyl groups excluding tert-OH is 1. The molecule has 0 unspecified atom stereocenters. The van der Waals surface area contributed by atoms with Gasteiger partial charge in [-0.1, -0.05) is 25.5 Å². The van der Waals surface area contributed by atoms with Gasteiger partial charge in [0.25, 0.3) is 0 Å². The van der Waals surface area contributed by atoms with E-state index in [1.54, 1.807) is 0 Å². The molecule has 1 saturated heterocycles. The van der Waals surface area contributed by atoms with Gasteiger partial charge in [0.15, 0.2) is 0 Å². The Labute approximate surface area is 105 Å². The Bertz CT molecular complexity index is 308. The Hall–Kier alpha value is -0.340. The molecule has 1 fully saturated rings. The van der Waals surface area contributed by atoms with E-state index in [1.807, 2.05) is 0 Å². The molecule has 2 nitrogen and oxygen atoms in total. The first-order valence-corrected chi connectivity index (χ1v) is 6.95. The summed E-state index contributed by atoms with van der Waals surface area (Å²) in [5, 5.41) is 10.5. The minimum absolute atomic E-state index is 0.0688. The van der Waals surface area contributed by atoms with E-state index in [0.29, 0.717) is 11.8 Å². The van der Waals surface area contributed by atoms with Crippen molar-refractivity contribution >= 4 is 0 Å². The lowest BCUT2D eigenvalue weighted by Gasteiger charge is -2.27. The van der Waals surface area contributed by atoms with Crippen LogP contribution in [0.2, 0.25) is 0 Å². The molecule has 1 aliphatic heterocycles. The molecular formula is C15H26O2. The minimum Gasteiger partial charge on any atom is -0.390 e. The van der Waals surface area contributed by atoms with Crippen LogP contribution in [0.15, 0.2) is 11.6 Å². The predicted octanol–water partition coefficient (Wildman–Crippen LogP) is 3.30. The van der Waals surface area contributed by atoms with Crippen molar-refractivity contribution in [1.29, 1.82) is 0 Å². The van der Waals surface area contributed by atoms with E-state index in [-0.39, 0.29) is 17.8 Å². The summed E-state index contributed by atoms with van der Waals surface area (Å²) in [7, 11) is 0. The fourth-order valence-electron chi connectivity index (χ4n) is 3.11. The van der Waals surface area contributed by atoms with Crippen molar-refractivity contribution in [3.63, 3.8) is 0 Å². The molecule has 1 N–H and O–H groups in total. The van der Waals surface area contributed by atoms with E-state index >= 15 is 0 Å².